The number of nitrogens with one attached hydrogen (secondary N) is 1. The Morgan fingerprint density at radius 1 is 1.33 bits per heavy atom. The smallest absolute Gasteiger partial charge is 0.226 e. The predicted octanol–water partition coefficient (Wildman–Crippen LogP) is 2.41. The summed E-state index contributed by atoms with van der Waals surface area (Å²) in [4.78, 5) is 15.8. The van der Waals surface area contributed by atoms with Crippen molar-refractivity contribution in [3.05, 3.63) is 42.3 Å². The van der Waals surface area contributed by atoms with Gasteiger partial charge in [-0.05, 0) is 18.6 Å². The standard InChI is InChI=1S/C14H16N2O2/c1-2-8-15-13(17)9-12-10-18-14(16-12)11-6-4-3-5-7-11/h3-7,10H,2,8-9H2,1H3,(H,15,17). The fourth-order valence-electron chi connectivity index (χ4n) is 1.59. The lowest BCUT2D eigenvalue weighted by Gasteiger charge is -1.99. The molecule has 0 bridgehead atoms. The fourth-order valence-corrected chi connectivity index (χ4v) is 1.59. The Kier molecular flexibility index (Phi) is 4.12. The molecule has 0 saturated carbocycles. The summed E-state index contributed by atoms with van der Waals surface area (Å²) in [6.07, 6.45) is 2.73. The molecule has 2 rings (SSSR count). The van der Waals surface area contributed by atoms with Gasteiger partial charge in [0.1, 0.15) is 6.26 Å². The van der Waals surface area contributed by atoms with E-state index in [1.165, 1.54) is 6.26 Å². The Bertz CT molecular complexity index is 506. The lowest BCUT2D eigenvalue weighted by molar-refractivity contribution is -0.120. The topological polar surface area (TPSA) is 55.1 Å². The minimum absolute atomic E-state index is 0.0234. The number of oxazole rings is 1. The third-order valence-corrected chi connectivity index (χ3v) is 2.49. The van der Waals surface area contributed by atoms with Crippen LogP contribution in [0.3, 0.4) is 0 Å². The number of carbonyl (C=O) groups is 1. The number of rotatable bonds is 5. The maximum absolute atomic E-state index is 11.5. The molecule has 1 aromatic carbocycles. The Morgan fingerprint density at radius 2 is 2.11 bits per heavy atom. The molecule has 94 valence electrons. The first kappa shape index (κ1) is 12.4. The second-order valence-electron chi connectivity index (χ2n) is 4.04. The predicted molar refractivity (Wildman–Crippen MR) is 68.9 cm³/mol. The van der Waals surface area contributed by atoms with E-state index in [1.54, 1.807) is 0 Å². The number of hydrogen-bond acceptors (Lipinski definition) is 3. The van der Waals surface area contributed by atoms with Crippen LogP contribution in [0.2, 0.25) is 0 Å². The molecule has 2 aromatic rings. The van der Waals surface area contributed by atoms with Gasteiger partial charge in [-0.2, -0.15) is 0 Å². The molecule has 1 aromatic heterocycles. The maximum Gasteiger partial charge on any atom is 0.226 e. The number of amides is 1. The fraction of sp³-hybridized carbons (Fsp3) is 0.286. The average molecular weight is 244 g/mol. The molecular formula is C14H16N2O2. The SMILES string of the molecule is CCCNC(=O)Cc1coc(-c2ccccc2)n1. The second-order valence-corrected chi connectivity index (χ2v) is 4.04. The van der Waals surface area contributed by atoms with Gasteiger partial charge in [0.25, 0.3) is 0 Å². The van der Waals surface area contributed by atoms with Crippen LogP contribution in [-0.2, 0) is 11.2 Å². The molecule has 0 spiro atoms. The Labute approximate surface area is 106 Å². The van der Waals surface area contributed by atoms with E-state index in [4.69, 9.17) is 4.42 Å². The summed E-state index contributed by atoms with van der Waals surface area (Å²) in [6.45, 7) is 2.71. The van der Waals surface area contributed by atoms with Crippen molar-refractivity contribution in [3.63, 3.8) is 0 Å². The van der Waals surface area contributed by atoms with Crippen LogP contribution in [0.1, 0.15) is 19.0 Å². The van der Waals surface area contributed by atoms with Gasteiger partial charge >= 0.3 is 0 Å². The first-order valence-corrected chi connectivity index (χ1v) is 6.06. The molecule has 0 aliphatic carbocycles. The summed E-state index contributed by atoms with van der Waals surface area (Å²) in [5.74, 6) is 0.527. The van der Waals surface area contributed by atoms with Gasteiger partial charge in [-0.25, -0.2) is 4.98 Å². The number of benzene rings is 1. The zero-order valence-electron chi connectivity index (χ0n) is 10.3. The maximum atomic E-state index is 11.5. The summed E-state index contributed by atoms with van der Waals surface area (Å²) in [7, 11) is 0. The molecule has 4 nitrogen and oxygen atoms in total. The van der Waals surface area contributed by atoms with Crippen LogP contribution in [-0.4, -0.2) is 17.4 Å². The van der Waals surface area contributed by atoms with Crippen LogP contribution in [0, 0.1) is 0 Å². The number of aromatic nitrogens is 1. The first-order valence-electron chi connectivity index (χ1n) is 6.06. The zero-order valence-corrected chi connectivity index (χ0v) is 10.3. The van der Waals surface area contributed by atoms with Gasteiger partial charge in [0.05, 0.1) is 12.1 Å². The molecular weight excluding hydrogens is 228 g/mol. The molecule has 4 heteroatoms. The Morgan fingerprint density at radius 3 is 2.83 bits per heavy atom. The highest BCUT2D eigenvalue weighted by molar-refractivity contribution is 5.78. The van der Waals surface area contributed by atoms with Crippen molar-refractivity contribution < 1.29 is 9.21 Å². The van der Waals surface area contributed by atoms with Crippen molar-refractivity contribution in [2.45, 2.75) is 19.8 Å². The van der Waals surface area contributed by atoms with E-state index in [2.05, 4.69) is 10.3 Å². The summed E-state index contributed by atoms with van der Waals surface area (Å²) in [5.41, 5.74) is 1.57. The van der Waals surface area contributed by atoms with E-state index >= 15 is 0 Å². The Hall–Kier alpha value is -2.10. The van der Waals surface area contributed by atoms with Gasteiger partial charge in [0, 0.05) is 12.1 Å². The highest BCUT2D eigenvalue weighted by Crippen LogP contribution is 2.17. The van der Waals surface area contributed by atoms with E-state index in [0.29, 0.717) is 18.1 Å². The zero-order chi connectivity index (χ0) is 12.8. The van der Waals surface area contributed by atoms with Crippen molar-refractivity contribution >= 4 is 5.91 Å². The van der Waals surface area contributed by atoms with Crippen LogP contribution in [0.15, 0.2) is 41.0 Å². The lowest BCUT2D eigenvalue weighted by Crippen LogP contribution is -2.25. The number of hydrogen-bond donors (Lipinski definition) is 1. The monoisotopic (exact) mass is 244 g/mol. The van der Waals surface area contributed by atoms with Gasteiger partial charge in [0.2, 0.25) is 11.8 Å². The van der Waals surface area contributed by atoms with Crippen LogP contribution >= 0.6 is 0 Å². The van der Waals surface area contributed by atoms with Gasteiger partial charge in [-0.3, -0.25) is 4.79 Å². The molecule has 0 fully saturated rings. The summed E-state index contributed by atoms with van der Waals surface area (Å²) in [6, 6.07) is 9.63. The van der Waals surface area contributed by atoms with Crippen LogP contribution in [0.4, 0.5) is 0 Å². The molecule has 0 aliphatic rings. The molecule has 1 amide bonds. The van der Waals surface area contributed by atoms with E-state index in [0.717, 1.165) is 12.0 Å². The first-order chi connectivity index (χ1) is 8.79. The molecule has 0 radical (unpaired) electrons. The third kappa shape index (κ3) is 3.20. The van der Waals surface area contributed by atoms with Crippen LogP contribution < -0.4 is 5.32 Å². The van der Waals surface area contributed by atoms with Crippen molar-refractivity contribution in [2.24, 2.45) is 0 Å². The van der Waals surface area contributed by atoms with E-state index in [9.17, 15) is 4.79 Å². The quantitative estimate of drug-likeness (QED) is 0.878. The van der Waals surface area contributed by atoms with Crippen LogP contribution in [0.5, 0.6) is 0 Å². The molecule has 0 aliphatic heterocycles. The lowest BCUT2D eigenvalue weighted by atomic mass is 10.2. The largest absolute Gasteiger partial charge is 0.444 e. The highest BCUT2D eigenvalue weighted by atomic mass is 16.3. The van der Waals surface area contributed by atoms with Crippen molar-refractivity contribution in [1.82, 2.24) is 10.3 Å². The summed E-state index contributed by atoms with van der Waals surface area (Å²) < 4.78 is 5.36. The molecule has 18 heavy (non-hydrogen) atoms. The van der Waals surface area contributed by atoms with Crippen molar-refractivity contribution in [2.75, 3.05) is 6.54 Å². The van der Waals surface area contributed by atoms with Gasteiger partial charge in [-0.15, -0.1) is 0 Å². The minimum atomic E-state index is -0.0234. The number of carbonyl (C=O) groups excluding carboxylic acids is 1. The molecule has 0 atom stereocenters. The second kappa shape index (κ2) is 6.00. The van der Waals surface area contributed by atoms with E-state index in [1.807, 2.05) is 37.3 Å². The minimum Gasteiger partial charge on any atom is -0.444 e. The molecule has 1 heterocycles. The van der Waals surface area contributed by atoms with Gasteiger partial charge in [0.15, 0.2) is 0 Å². The molecule has 1 N–H and O–H groups in total. The molecule has 0 saturated heterocycles. The average Bonchev–Trinajstić information content (AvgIpc) is 2.86. The Balaban J connectivity index is 2.00. The summed E-state index contributed by atoms with van der Waals surface area (Å²) >= 11 is 0. The van der Waals surface area contributed by atoms with Crippen LogP contribution in [0.25, 0.3) is 11.5 Å². The van der Waals surface area contributed by atoms with Gasteiger partial charge < -0.3 is 9.73 Å². The summed E-state index contributed by atoms with van der Waals surface area (Å²) in [5, 5.41) is 2.81. The van der Waals surface area contributed by atoms with E-state index in [-0.39, 0.29) is 12.3 Å². The highest BCUT2D eigenvalue weighted by Gasteiger charge is 2.09. The van der Waals surface area contributed by atoms with Crippen molar-refractivity contribution in [3.8, 4) is 11.5 Å². The van der Waals surface area contributed by atoms with Gasteiger partial charge in [-0.1, -0.05) is 25.1 Å². The van der Waals surface area contributed by atoms with Crippen molar-refractivity contribution in [1.29, 1.82) is 0 Å². The normalized spacial score (nSPS) is 10.3. The molecule has 0 unspecified atom stereocenters. The third-order valence-electron chi connectivity index (χ3n) is 2.49. The number of nitrogens with zero attached hydrogens (tertiary/aromatic N) is 1. The van der Waals surface area contributed by atoms with E-state index < -0.39 is 0 Å².